The van der Waals surface area contributed by atoms with E-state index in [0.29, 0.717) is 12.5 Å². The molecule has 0 atom stereocenters. The number of anilines is 2. The van der Waals surface area contributed by atoms with E-state index in [1.807, 2.05) is 31.2 Å². The number of hydrogen-bond donors (Lipinski definition) is 1. The number of methoxy groups -OCH3 is 2. The van der Waals surface area contributed by atoms with Crippen molar-refractivity contribution < 1.29 is 9.47 Å². The van der Waals surface area contributed by atoms with Crippen LogP contribution in [0.1, 0.15) is 37.9 Å². The van der Waals surface area contributed by atoms with Crippen molar-refractivity contribution in [1.29, 1.82) is 0 Å². The summed E-state index contributed by atoms with van der Waals surface area (Å²) in [6.07, 6.45) is 2.19. The zero-order valence-electron chi connectivity index (χ0n) is 16.5. The number of hydrogen-bond acceptors (Lipinski definition) is 6. The molecule has 26 heavy (non-hydrogen) atoms. The molecule has 0 aliphatic heterocycles. The molecule has 0 fully saturated rings. The Kier molecular flexibility index (Phi) is 7.51. The molecule has 2 aromatic rings. The average Bonchev–Trinajstić information content (AvgIpc) is 2.65. The largest absolute Gasteiger partial charge is 0.493 e. The summed E-state index contributed by atoms with van der Waals surface area (Å²) < 4.78 is 10.6. The summed E-state index contributed by atoms with van der Waals surface area (Å²) in [5, 5.41) is 3.32. The number of benzene rings is 1. The van der Waals surface area contributed by atoms with Crippen LogP contribution < -0.4 is 19.7 Å². The maximum Gasteiger partial charge on any atom is 0.225 e. The summed E-state index contributed by atoms with van der Waals surface area (Å²) in [4.78, 5) is 11.5. The van der Waals surface area contributed by atoms with Crippen LogP contribution in [0.4, 0.5) is 11.8 Å². The van der Waals surface area contributed by atoms with Crippen LogP contribution in [0.2, 0.25) is 0 Å². The molecular formula is C20H30N4O2. The van der Waals surface area contributed by atoms with Crippen molar-refractivity contribution in [3.63, 3.8) is 0 Å². The molecule has 142 valence electrons. The summed E-state index contributed by atoms with van der Waals surface area (Å²) in [6, 6.07) is 7.92. The van der Waals surface area contributed by atoms with Crippen molar-refractivity contribution in [1.82, 2.24) is 9.97 Å². The van der Waals surface area contributed by atoms with Gasteiger partial charge in [0, 0.05) is 31.4 Å². The number of nitrogens with zero attached hydrogens (tertiary/aromatic N) is 3. The van der Waals surface area contributed by atoms with E-state index in [-0.39, 0.29) is 0 Å². The maximum atomic E-state index is 5.36. The Labute approximate surface area is 156 Å². The van der Waals surface area contributed by atoms with Crippen LogP contribution in [-0.2, 0) is 6.54 Å². The fourth-order valence-corrected chi connectivity index (χ4v) is 2.85. The third-order valence-corrected chi connectivity index (χ3v) is 4.05. The molecule has 6 heteroatoms. The topological polar surface area (TPSA) is 59.5 Å². The van der Waals surface area contributed by atoms with Crippen molar-refractivity contribution in [3.8, 4) is 11.5 Å². The van der Waals surface area contributed by atoms with Crippen LogP contribution in [0.5, 0.6) is 11.5 Å². The molecular weight excluding hydrogens is 328 g/mol. The summed E-state index contributed by atoms with van der Waals surface area (Å²) in [7, 11) is 3.28. The number of rotatable bonds is 10. The molecule has 0 aliphatic rings. The molecule has 1 N–H and O–H groups in total. The predicted molar refractivity (Wildman–Crippen MR) is 106 cm³/mol. The van der Waals surface area contributed by atoms with Gasteiger partial charge in [0.15, 0.2) is 11.5 Å². The van der Waals surface area contributed by atoms with Crippen LogP contribution in [-0.4, -0.2) is 37.3 Å². The first-order valence-electron chi connectivity index (χ1n) is 9.16. The quantitative estimate of drug-likeness (QED) is 0.692. The van der Waals surface area contributed by atoms with Gasteiger partial charge in [-0.15, -0.1) is 0 Å². The molecule has 0 unspecified atom stereocenters. The molecule has 0 amide bonds. The van der Waals surface area contributed by atoms with Crippen molar-refractivity contribution in [2.45, 2.75) is 40.2 Å². The fourth-order valence-electron chi connectivity index (χ4n) is 2.85. The van der Waals surface area contributed by atoms with E-state index in [9.17, 15) is 0 Å². The molecule has 0 aliphatic carbocycles. The predicted octanol–water partition coefficient (Wildman–Crippen LogP) is 4.04. The number of nitrogens with one attached hydrogen (secondary N) is 1. The Morgan fingerprint density at radius 3 is 2.27 bits per heavy atom. The lowest BCUT2D eigenvalue weighted by molar-refractivity contribution is 0.354. The third kappa shape index (κ3) is 5.25. The van der Waals surface area contributed by atoms with Gasteiger partial charge in [-0.3, -0.25) is 0 Å². The van der Waals surface area contributed by atoms with Crippen molar-refractivity contribution in [3.05, 3.63) is 35.5 Å². The summed E-state index contributed by atoms with van der Waals surface area (Å²) >= 11 is 0. The molecule has 0 bridgehead atoms. The van der Waals surface area contributed by atoms with Gasteiger partial charge < -0.3 is 19.7 Å². The highest BCUT2D eigenvalue weighted by Crippen LogP contribution is 2.27. The van der Waals surface area contributed by atoms with Crippen LogP contribution in [0.15, 0.2) is 24.3 Å². The highest BCUT2D eigenvalue weighted by atomic mass is 16.5. The molecule has 0 saturated carbocycles. The molecule has 1 heterocycles. The first kappa shape index (κ1) is 19.8. The first-order valence-corrected chi connectivity index (χ1v) is 9.16. The second-order valence-corrected chi connectivity index (χ2v) is 6.22. The van der Waals surface area contributed by atoms with E-state index >= 15 is 0 Å². The second-order valence-electron chi connectivity index (χ2n) is 6.22. The van der Waals surface area contributed by atoms with E-state index in [1.54, 1.807) is 14.2 Å². The minimum Gasteiger partial charge on any atom is -0.493 e. The van der Waals surface area contributed by atoms with E-state index in [2.05, 4.69) is 29.0 Å². The molecule has 6 nitrogen and oxygen atoms in total. The number of ether oxygens (including phenoxy) is 2. The number of aromatic nitrogens is 2. The van der Waals surface area contributed by atoms with Gasteiger partial charge in [-0.1, -0.05) is 19.9 Å². The van der Waals surface area contributed by atoms with Gasteiger partial charge in [0.25, 0.3) is 0 Å². The SMILES string of the molecule is CCCN(CCC)c1cc(C)nc(NCc2ccc(OC)c(OC)c2)n1. The molecule has 0 spiro atoms. The maximum absolute atomic E-state index is 5.36. The van der Waals surface area contributed by atoms with Gasteiger partial charge >= 0.3 is 0 Å². The van der Waals surface area contributed by atoms with Crippen LogP contribution in [0, 0.1) is 6.92 Å². The van der Waals surface area contributed by atoms with Gasteiger partial charge in [-0.2, -0.15) is 4.98 Å². The van der Waals surface area contributed by atoms with Crippen molar-refractivity contribution in [2.75, 3.05) is 37.5 Å². The Morgan fingerprint density at radius 1 is 0.962 bits per heavy atom. The van der Waals surface area contributed by atoms with E-state index in [0.717, 1.165) is 54.5 Å². The molecule has 0 saturated heterocycles. The van der Waals surface area contributed by atoms with Crippen LogP contribution in [0.25, 0.3) is 0 Å². The average molecular weight is 358 g/mol. The zero-order chi connectivity index (χ0) is 18.9. The van der Waals surface area contributed by atoms with Gasteiger partial charge in [-0.25, -0.2) is 4.98 Å². The lowest BCUT2D eigenvalue weighted by atomic mass is 10.2. The Balaban J connectivity index is 2.14. The van der Waals surface area contributed by atoms with Gasteiger partial charge in [-0.05, 0) is 37.5 Å². The Hall–Kier alpha value is -2.50. The highest BCUT2D eigenvalue weighted by Gasteiger charge is 2.10. The summed E-state index contributed by atoms with van der Waals surface area (Å²) in [5.74, 6) is 3.07. The van der Waals surface area contributed by atoms with Crippen LogP contribution >= 0.6 is 0 Å². The second kappa shape index (κ2) is 9.85. The molecule has 2 rings (SSSR count). The fraction of sp³-hybridized carbons (Fsp3) is 0.500. The minimum atomic E-state index is 0.616. The van der Waals surface area contributed by atoms with Crippen molar-refractivity contribution in [2.24, 2.45) is 0 Å². The Morgan fingerprint density at radius 2 is 1.65 bits per heavy atom. The first-order chi connectivity index (χ1) is 12.6. The van der Waals surface area contributed by atoms with E-state index < -0.39 is 0 Å². The van der Waals surface area contributed by atoms with E-state index in [1.165, 1.54) is 0 Å². The third-order valence-electron chi connectivity index (χ3n) is 4.05. The highest BCUT2D eigenvalue weighted by molar-refractivity contribution is 5.46. The summed E-state index contributed by atoms with van der Waals surface area (Å²) in [5.41, 5.74) is 2.04. The Bertz CT molecular complexity index is 700. The minimum absolute atomic E-state index is 0.616. The monoisotopic (exact) mass is 358 g/mol. The smallest absolute Gasteiger partial charge is 0.225 e. The van der Waals surface area contributed by atoms with Gasteiger partial charge in [0.05, 0.1) is 14.2 Å². The number of aryl methyl sites for hydroxylation is 1. The molecule has 0 radical (unpaired) electrons. The lowest BCUT2D eigenvalue weighted by Gasteiger charge is -2.23. The summed E-state index contributed by atoms with van der Waals surface area (Å²) in [6.45, 7) is 8.99. The zero-order valence-corrected chi connectivity index (χ0v) is 16.5. The van der Waals surface area contributed by atoms with Crippen LogP contribution in [0.3, 0.4) is 0 Å². The van der Waals surface area contributed by atoms with Gasteiger partial charge in [0.2, 0.25) is 5.95 Å². The molecule has 1 aromatic heterocycles. The lowest BCUT2D eigenvalue weighted by Crippen LogP contribution is -2.26. The molecule has 1 aromatic carbocycles. The normalized spacial score (nSPS) is 10.5. The van der Waals surface area contributed by atoms with Crippen molar-refractivity contribution >= 4 is 11.8 Å². The standard InChI is InChI=1S/C20H30N4O2/c1-6-10-24(11-7-2)19-12-15(3)22-20(23-19)21-14-16-8-9-17(25-4)18(13-16)26-5/h8-9,12-13H,6-7,10-11,14H2,1-5H3,(H,21,22,23). The van der Waals surface area contributed by atoms with E-state index in [4.69, 9.17) is 14.5 Å². The van der Waals surface area contributed by atoms with Gasteiger partial charge in [0.1, 0.15) is 5.82 Å².